The van der Waals surface area contributed by atoms with Crippen LogP contribution in [0.25, 0.3) is 10.9 Å². The third-order valence-corrected chi connectivity index (χ3v) is 4.64. The minimum absolute atomic E-state index is 0.231. The third-order valence-electron chi connectivity index (χ3n) is 4.64. The lowest BCUT2D eigenvalue weighted by molar-refractivity contribution is -0.0796. The summed E-state index contributed by atoms with van der Waals surface area (Å²) in [6.07, 6.45) is 1.47. The van der Waals surface area contributed by atoms with Crippen LogP contribution in [0.4, 0.5) is 0 Å². The second kappa shape index (κ2) is 5.04. The monoisotopic (exact) mass is 286 g/mol. The molecule has 2 aromatic rings. The minimum atomic E-state index is 0.231. The lowest BCUT2D eigenvalue weighted by Gasteiger charge is -2.26. The summed E-state index contributed by atoms with van der Waals surface area (Å²) in [6.45, 7) is 5.96. The highest BCUT2D eigenvalue weighted by Crippen LogP contribution is 2.31. The normalized spacial score (nSPS) is 23.6. The average molecular weight is 286 g/mol. The van der Waals surface area contributed by atoms with Crippen molar-refractivity contribution in [3.8, 4) is 5.75 Å². The molecule has 0 amide bonds. The minimum Gasteiger partial charge on any atom is -0.486 e. The van der Waals surface area contributed by atoms with Gasteiger partial charge in [0.1, 0.15) is 11.9 Å². The maximum absolute atomic E-state index is 5.91. The van der Waals surface area contributed by atoms with E-state index in [2.05, 4.69) is 47.7 Å². The molecule has 4 heteroatoms. The highest BCUT2D eigenvalue weighted by atomic mass is 16.6. The van der Waals surface area contributed by atoms with Crippen LogP contribution in [0.15, 0.2) is 24.3 Å². The van der Waals surface area contributed by atoms with E-state index in [1.54, 1.807) is 0 Å². The Morgan fingerprint density at radius 2 is 2.10 bits per heavy atom. The van der Waals surface area contributed by atoms with Crippen LogP contribution < -0.4 is 4.74 Å². The van der Waals surface area contributed by atoms with Crippen LogP contribution in [0.3, 0.4) is 0 Å². The van der Waals surface area contributed by atoms with Gasteiger partial charge in [0.15, 0.2) is 0 Å². The summed E-state index contributed by atoms with van der Waals surface area (Å²) >= 11 is 0. The lowest BCUT2D eigenvalue weighted by Crippen LogP contribution is -2.38. The molecule has 1 unspecified atom stereocenters. The number of aryl methyl sites for hydroxylation is 1. The van der Waals surface area contributed by atoms with Crippen molar-refractivity contribution >= 4 is 10.9 Å². The summed E-state index contributed by atoms with van der Waals surface area (Å²) in [7, 11) is 2.20. The van der Waals surface area contributed by atoms with Crippen LogP contribution >= 0.6 is 0 Å². The van der Waals surface area contributed by atoms with E-state index in [-0.39, 0.29) is 6.10 Å². The largest absolute Gasteiger partial charge is 0.486 e. The molecule has 0 spiro atoms. The molecule has 1 aromatic carbocycles. The summed E-state index contributed by atoms with van der Waals surface area (Å²) < 4.78 is 13.6. The van der Waals surface area contributed by atoms with Crippen molar-refractivity contribution in [2.24, 2.45) is 0 Å². The molecule has 0 saturated carbocycles. The first kappa shape index (κ1) is 13.2. The van der Waals surface area contributed by atoms with Crippen molar-refractivity contribution < 1.29 is 9.47 Å². The van der Waals surface area contributed by atoms with Gasteiger partial charge >= 0.3 is 0 Å². The Hall–Kier alpha value is -1.52. The zero-order valence-electron chi connectivity index (χ0n) is 12.7. The Labute approximate surface area is 125 Å². The molecule has 0 bridgehead atoms. The topological polar surface area (TPSA) is 26.6 Å². The zero-order valence-corrected chi connectivity index (χ0v) is 12.7. The van der Waals surface area contributed by atoms with Crippen molar-refractivity contribution in [1.82, 2.24) is 9.47 Å². The van der Waals surface area contributed by atoms with E-state index in [9.17, 15) is 0 Å². The second-order valence-corrected chi connectivity index (χ2v) is 6.36. The van der Waals surface area contributed by atoms with Crippen molar-refractivity contribution in [2.45, 2.75) is 25.5 Å². The molecule has 1 atom stereocenters. The third kappa shape index (κ3) is 2.32. The molecule has 0 aliphatic carbocycles. The zero-order chi connectivity index (χ0) is 14.4. The number of aromatic nitrogens is 1. The highest BCUT2D eigenvalue weighted by Gasteiger charge is 2.24. The number of rotatable bonds is 3. The number of ether oxygens (including phenoxy) is 2. The Kier molecular flexibility index (Phi) is 3.16. The van der Waals surface area contributed by atoms with Gasteiger partial charge in [-0.1, -0.05) is 0 Å². The molecule has 112 valence electrons. The molecule has 0 N–H and O–H groups in total. The predicted molar refractivity (Wildman–Crippen MR) is 83.1 cm³/mol. The van der Waals surface area contributed by atoms with Crippen LogP contribution in [0.2, 0.25) is 0 Å². The van der Waals surface area contributed by atoms with E-state index in [0.29, 0.717) is 19.3 Å². The SMILES string of the molecule is Cc1cc2cc(OC3COC3)ccc2n1C1CCN(C)C1. The van der Waals surface area contributed by atoms with Gasteiger partial charge in [0.25, 0.3) is 0 Å². The number of hydrogen-bond acceptors (Lipinski definition) is 3. The van der Waals surface area contributed by atoms with E-state index in [1.165, 1.54) is 29.6 Å². The summed E-state index contributed by atoms with van der Waals surface area (Å²) in [5, 5.41) is 1.28. The average Bonchev–Trinajstić information content (AvgIpc) is 2.96. The van der Waals surface area contributed by atoms with E-state index >= 15 is 0 Å². The van der Waals surface area contributed by atoms with E-state index in [0.717, 1.165) is 12.3 Å². The summed E-state index contributed by atoms with van der Waals surface area (Å²) in [6, 6.07) is 9.33. The number of likely N-dealkylation sites (tertiary alicyclic amines) is 1. The van der Waals surface area contributed by atoms with Crippen LogP contribution in [-0.2, 0) is 4.74 Å². The second-order valence-electron chi connectivity index (χ2n) is 6.36. The molecule has 3 heterocycles. The lowest BCUT2D eigenvalue weighted by atomic mass is 10.2. The van der Waals surface area contributed by atoms with Gasteiger partial charge < -0.3 is 18.9 Å². The van der Waals surface area contributed by atoms with Gasteiger partial charge in [-0.05, 0) is 51.2 Å². The van der Waals surface area contributed by atoms with Gasteiger partial charge in [-0.3, -0.25) is 0 Å². The quantitative estimate of drug-likeness (QED) is 0.867. The first-order chi connectivity index (χ1) is 10.2. The van der Waals surface area contributed by atoms with Gasteiger partial charge in [-0.15, -0.1) is 0 Å². The van der Waals surface area contributed by atoms with Crippen LogP contribution in [0, 0.1) is 6.92 Å². The van der Waals surface area contributed by atoms with Gasteiger partial charge in [0.05, 0.1) is 13.2 Å². The molecule has 2 saturated heterocycles. The molecule has 2 aliphatic rings. The maximum atomic E-state index is 5.91. The molecule has 2 fully saturated rings. The Balaban J connectivity index is 1.66. The Bertz CT molecular complexity index is 660. The maximum Gasteiger partial charge on any atom is 0.145 e. The van der Waals surface area contributed by atoms with Crippen molar-refractivity contribution in [2.75, 3.05) is 33.4 Å². The number of benzene rings is 1. The van der Waals surface area contributed by atoms with Crippen molar-refractivity contribution in [3.63, 3.8) is 0 Å². The van der Waals surface area contributed by atoms with E-state index in [4.69, 9.17) is 9.47 Å². The highest BCUT2D eigenvalue weighted by molar-refractivity contribution is 5.83. The number of likely N-dealkylation sites (N-methyl/N-ethyl adjacent to an activating group) is 1. The molecular formula is C17H22N2O2. The summed E-state index contributed by atoms with van der Waals surface area (Å²) in [5.74, 6) is 0.955. The molecule has 21 heavy (non-hydrogen) atoms. The molecular weight excluding hydrogens is 264 g/mol. The smallest absolute Gasteiger partial charge is 0.145 e. The standard InChI is InChI=1S/C17H22N2O2/c1-12-7-13-8-15(21-16-10-20-11-16)3-4-17(13)19(12)14-5-6-18(2)9-14/h3-4,7-8,14,16H,5-6,9-11H2,1-2H3. The molecule has 4 nitrogen and oxygen atoms in total. The number of hydrogen-bond donors (Lipinski definition) is 0. The van der Waals surface area contributed by atoms with Crippen LogP contribution in [0.5, 0.6) is 5.75 Å². The van der Waals surface area contributed by atoms with Crippen molar-refractivity contribution in [1.29, 1.82) is 0 Å². The first-order valence-electron chi connectivity index (χ1n) is 7.75. The van der Waals surface area contributed by atoms with Gasteiger partial charge in [0, 0.05) is 29.2 Å². The van der Waals surface area contributed by atoms with Gasteiger partial charge in [0.2, 0.25) is 0 Å². The fraction of sp³-hybridized carbons (Fsp3) is 0.529. The predicted octanol–water partition coefficient (Wildman–Crippen LogP) is 2.60. The first-order valence-corrected chi connectivity index (χ1v) is 7.75. The molecule has 1 aromatic heterocycles. The van der Waals surface area contributed by atoms with E-state index < -0.39 is 0 Å². The molecule has 2 aliphatic heterocycles. The Morgan fingerprint density at radius 3 is 2.76 bits per heavy atom. The number of nitrogens with zero attached hydrogens (tertiary/aromatic N) is 2. The number of fused-ring (bicyclic) bond motifs is 1. The van der Waals surface area contributed by atoms with Gasteiger partial charge in [-0.2, -0.15) is 0 Å². The van der Waals surface area contributed by atoms with Crippen LogP contribution in [-0.4, -0.2) is 48.9 Å². The fourth-order valence-electron chi connectivity index (χ4n) is 3.51. The summed E-state index contributed by atoms with van der Waals surface area (Å²) in [4.78, 5) is 2.41. The fourth-order valence-corrected chi connectivity index (χ4v) is 3.51. The van der Waals surface area contributed by atoms with Crippen LogP contribution in [0.1, 0.15) is 18.2 Å². The van der Waals surface area contributed by atoms with E-state index in [1.807, 2.05) is 0 Å². The van der Waals surface area contributed by atoms with Gasteiger partial charge in [-0.25, -0.2) is 0 Å². The van der Waals surface area contributed by atoms with Crippen molar-refractivity contribution in [3.05, 3.63) is 30.0 Å². The summed E-state index contributed by atoms with van der Waals surface area (Å²) in [5.41, 5.74) is 2.67. The Morgan fingerprint density at radius 1 is 1.24 bits per heavy atom. The molecule has 0 radical (unpaired) electrons. The molecule has 4 rings (SSSR count).